The summed E-state index contributed by atoms with van der Waals surface area (Å²) >= 11 is 0. The van der Waals surface area contributed by atoms with Crippen LogP contribution in [-0.2, 0) is 0 Å². The highest BCUT2D eigenvalue weighted by atomic mass is 16.3. The van der Waals surface area contributed by atoms with Gasteiger partial charge in [0.25, 0.3) is 0 Å². The molecular formula is C14H22N4O. The second-order valence-corrected chi connectivity index (χ2v) is 4.89. The van der Waals surface area contributed by atoms with E-state index in [1.54, 1.807) is 0 Å². The van der Waals surface area contributed by atoms with Crippen molar-refractivity contribution in [3.8, 4) is 0 Å². The molecule has 19 heavy (non-hydrogen) atoms. The van der Waals surface area contributed by atoms with Crippen molar-refractivity contribution in [2.24, 2.45) is 5.92 Å². The number of H-pyrrole nitrogens is 1. The van der Waals surface area contributed by atoms with E-state index in [4.69, 9.17) is 5.73 Å². The molecule has 0 saturated heterocycles. The lowest BCUT2D eigenvalue weighted by atomic mass is 9.97. The van der Waals surface area contributed by atoms with Crippen LogP contribution in [0.1, 0.15) is 26.7 Å². The first-order chi connectivity index (χ1) is 9.13. The van der Waals surface area contributed by atoms with Crippen LogP contribution in [0.2, 0.25) is 0 Å². The van der Waals surface area contributed by atoms with E-state index in [1.165, 1.54) is 0 Å². The van der Waals surface area contributed by atoms with Crippen molar-refractivity contribution in [3.05, 3.63) is 18.2 Å². The second-order valence-electron chi connectivity index (χ2n) is 4.89. The minimum Gasteiger partial charge on any atom is -0.399 e. The predicted octanol–water partition coefficient (Wildman–Crippen LogP) is 2.35. The smallest absolute Gasteiger partial charge is 0.201 e. The number of nitrogens with one attached hydrogen (secondary N) is 2. The summed E-state index contributed by atoms with van der Waals surface area (Å²) in [5.74, 6) is 0.998. The molecule has 0 aliphatic rings. The molecule has 1 heterocycles. The fourth-order valence-corrected chi connectivity index (χ4v) is 2.31. The lowest BCUT2D eigenvalue weighted by Gasteiger charge is -2.19. The van der Waals surface area contributed by atoms with Crippen LogP contribution in [-0.4, -0.2) is 27.7 Å². The highest BCUT2D eigenvalue weighted by Crippen LogP contribution is 2.18. The lowest BCUT2D eigenvalue weighted by molar-refractivity contribution is 0.114. The first kappa shape index (κ1) is 13.7. The Morgan fingerprint density at radius 2 is 2.11 bits per heavy atom. The maximum absolute atomic E-state index is 10.1. The molecule has 5 N–H and O–H groups in total. The molecule has 5 nitrogen and oxygen atoms in total. The van der Waals surface area contributed by atoms with Crippen LogP contribution in [0.15, 0.2) is 18.2 Å². The molecule has 0 bridgehead atoms. The summed E-state index contributed by atoms with van der Waals surface area (Å²) in [5.41, 5.74) is 8.20. The molecule has 0 aliphatic carbocycles. The van der Waals surface area contributed by atoms with E-state index in [9.17, 15) is 5.11 Å². The van der Waals surface area contributed by atoms with Gasteiger partial charge in [-0.25, -0.2) is 4.98 Å². The van der Waals surface area contributed by atoms with Crippen LogP contribution in [0, 0.1) is 5.92 Å². The Labute approximate surface area is 113 Å². The van der Waals surface area contributed by atoms with Gasteiger partial charge in [-0.1, -0.05) is 26.7 Å². The molecule has 2 aromatic rings. The van der Waals surface area contributed by atoms with E-state index in [0.717, 1.165) is 23.9 Å². The highest BCUT2D eigenvalue weighted by molar-refractivity contribution is 5.80. The van der Waals surface area contributed by atoms with E-state index in [-0.39, 0.29) is 6.10 Å². The Morgan fingerprint density at radius 3 is 2.79 bits per heavy atom. The maximum atomic E-state index is 10.1. The molecule has 0 spiro atoms. The second kappa shape index (κ2) is 5.93. The quantitative estimate of drug-likeness (QED) is 0.602. The highest BCUT2D eigenvalue weighted by Gasteiger charge is 2.15. The summed E-state index contributed by atoms with van der Waals surface area (Å²) < 4.78 is 0. The van der Waals surface area contributed by atoms with Crippen molar-refractivity contribution in [1.29, 1.82) is 0 Å². The number of fused-ring (bicyclic) bond motifs is 1. The van der Waals surface area contributed by atoms with Gasteiger partial charge in [0, 0.05) is 12.2 Å². The Kier molecular flexibility index (Phi) is 4.27. The molecular weight excluding hydrogens is 240 g/mol. The van der Waals surface area contributed by atoms with Crippen molar-refractivity contribution in [3.63, 3.8) is 0 Å². The Hall–Kier alpha value is -1.75. The summed E-state index contributed by atoms with van der Waals surface area (Å²) in [6, 6.07) is 5.56. The Morgan fingerprint density at radius 1 is 1.37 bits per heavy atom. The zero-order chi connectivity index (χ0) is 13.8. The zero-order valence-corrected chi connectivity index (χ0v) is 11.5. The Bertz CT molecular complexity index is 533. The summed E-state index contributed by atoms with van der Waals surface area (Å²) in [6.07, 6.45) is 1.61. The number of hydrogen-bond donors (Lipinski definition) is 4. The van der Waals surface area contributed by atoms with Crippen molar-refractivity contribution in [1.82, 2.24) is 9.97 Å². The van der Waals surface area contributed by atoms with Gasteiger partial charge >= 0.3 is 0 Å². The minimum absolute atomic E-state index is 0.326. The lowest BCUT2D eigenvalue weighted by Crippen LogP contribution is -2.27. The van der Waals surface area contributed by atoms with Crippen LogP contribution in [0.5, 0.6) is 0 Å². The molecule has 0 amide bonds. The molecule has 1 aromatic heterocycles. The van der Waals surface area contributed by atoms with E-state index in [0.29, 0.717) is 24.1 Å². The molecule has 1 atom stereocenters. The van der Waals surface area contributed by atoms with Crippen LogP contribution >= 0.6 is 0 Å². The molecule has 2 rings (SSSR count). The third-order valence-corrected chi connectivity index (χ3v) is 3.58. The minimum atomic E-state index is -0.353. The van der Waals surface area contributed by atoms with Gasteiger partial charge in [0.1, 0.15) is 0 Å². The molecule has 1 unspecified atom stereocenters. The third kappa shape index (κ3) is 3.17. The van der Waals surface area contributed by atoms with Gasteiger partial charge in [-0.2, -0.15) is 0 Å². The van der Waals surface area contributed by atoms with E-state index < -0.39 is 0 Å². The summed E-state index contributed by atoms with van der Waals surface area (Å²) in [7, 11) is 0. The first-order valence-corrected chi connectivity index (χ1v) is 6.81. The number of nitrogen functional groups attached to an aromatic ring is 1. The van der Waals surface area contributed by atoms with E-state index in [1.807, 2.05) is 18.2 Å². The number of aliphatic hydroxyl groups excluding tert-OH is 1. The average Bonchev–Trinajstić information content (AvgIpc) is 2.79. The van der Waals surface area contributed by atoms with Crippen LogP contribution < -0.4 is 11.1 Å². The van der Waals surface area contributed by atoms with Crippen molar-refractivity contribution >= 4 is 22.7 Å². The van der Waals surface area contributed by atoms with Gasteiger partial charge in [0.15, 0.2) is 0 Å². The van der Waals surface area contributed by atoms with Gasteiger partial charge in [-0.15, -0.1) is 0 Å². The summed E-state index contributed by atoms with van der Waals surface area (Å²) in [6.45, 7) is 4.70. The largest absolute Gasteiger partial charge is 0.399 e. The molecule has 0 aliphatic heterocycles. The first-order valence-electron chi connectivity index (χ1n) is 6.81. The maximum Gasteiger partial charge on any atom is 0.201 e. The number of nitrogens with zero attached hydrogens (tertiary/aromatic N) is 1. The molecule has 104 valence electrons. The van der Waals surface area contributed by atoms with Gasteiger partial charge in [0.2, 0.25) is 5.95 Å². The number of rotatable bonds is 6. The Balaban J connectivity index is 2.01. The number of aromatic amines is 1. The zero-order valence-electron chi connectivity index (χ0n) is 11.5. The molecule has 0 saturated carbocycles. The number of aliphatic hydroxyl groups is 1. The molecule has 0 radical (unpaired) electrons. The SMILES string of the molecule is CCC(CC)C(O)CNc1nc2ccc(N)cc2[nH]1. The van der Waals surface area contributed by atoms with Crippen molar-refractivity contribution < 1.29 is 5.11 Å². The third-order valence-electron chi connectivity index (χ3n) is 3.58. The van der Waals surface area contributed by atoms with Gasteiger partial charge in [-0.05, 0) is 24.1 Å². The van der Waals surface area contributed by atoms with Crippen LogP contribution in [0.25, 0.3) is 11.0 Å². The fraction of sp³-hybridized carbons (Fsp3) is 0.500. The van der Waals surface area contributed by atoms with Gasteiger partial charge < -0.3 is 21.1 Å². The topological polar surface area (TPSA) is 87.0 Å². The molecule has 5 heteroatoms. The van der Waals surface area contributed by atoms with Crippen LogP contribution in [0.3, 0.4) is 0 Å². The normalized spacial score (nSPS) is 13.1. The van der Waals surface area contributed by atoms with Crippen molar-refractivity contribution in [2.75, 3.05) is 17.6 Å². The van der Waals surface area contributed by atoms with Crippen molar-refractivity contribution in [2.45, 2.75) is 32.8 Å². The predicted molar refractivity (Wildman–Crippen MR) is 79.1 cm³/mol. The average molecular weight is 262 g/mol. The van der Waals surface area contributed by atoms with E-state index in [2.05, 4.69) is 29.1 Å². The number of hydrogen-bond acceptors (Lipinski definition) is 4. The van der Waals surface area contributed by atoms with Crippen LogP contribution in [0.4, 0.5) is 11.6 Å². The molecule has 1 aromatic carbocycles. The summed E-state index contributed by atoms with van der Waals surface area (Å²) in [5, 5.41) is 13.2. The number of benzene rings is 1. The summed E-state index contributed by atoms with van der Waals surface area (Å²) in [4.78, 5) is 7.56. The number of aromatic nitrogens is 2. The van der Waals surface area contributed by atoms with Gasteiger partial charge in [0.05, 0.1) is 17.1 Å². The fourth-order valence-electron chi connectivity index (χ4n) is 2.31. The monoisotopic (exact) mass is 262 g/mol. The standard InChI is InChI=1S/C14H22N4O/c1-3-9(4-2)13(19)8-16-14-17-11-6-5-10(15)7-12(11)18-14/h5-7,9,13,19H,3-4,8,15H2,1-2H3,(H2,16,17,18). The van der Waals surface area contributed by atoms with Gasteiger partial charge in [-0.3, -0.25) is 0 Å². The number of imidazole rings is 1. The number of anilines is 2. The van der Waals surface area contributed by atoms with E-state index >= 15 is 0 Å². The number of nitrogens with two attached hydrogens (primary N) is 1. The molecule has 0 fully saturated rings.